The first-order valence-corrected chi connectivity index (χ1v) is 7.39. The average molecular weight is 271 g/mol. The van der Waals surface area contributed by atoms with E-state index in [4.69, 9.17) is 9.47 Å². The highest BCUT2D eigenvalue weighted by molar-refractivity contribution is 5.75. The summed E-state index contributed by atoms with van der Waals surface area (Å²) in [5.41, 5.74) is 0. The van der Waals surface area contributed by atoms with Crippen LogP contribution < -0.4 is 5.32 Å². The van der Waals surface area contributed by atoms with Crippen LogP contribution >= 0.6 is 0 Å². The van der Waals surface area contributed by atoms with Crippen molar-refractivity contribution in [2.45, 2.75) is 65.1 Å². The molecule has 0 bridgehead atoms. The van der Waals surface area contributed by atoms with Gasteiger partial charge < -0.3 is 14.8 Å². The van der Waals surface area contributed by atoms with Crippen molar-refractivity contribution in [3.8, 4) is 0 Å². The van der Waals surface area contributed by atoms with Crippen molar-refractivity contribution in [1.29, 1.82) is 0 Å². The van der Waals surface area contributed by atoms with Gasteiger partial charge in [0.1, 0.15) is 6.04 Å². The lowest BCUT2D eigenvalue weighted by Gasteiger charge is -2.34. The van der Waals surface area contributed by atoms with E-state index in [1.165, 1.54) is 7.11 Å². The van der Waals surface area contributed by atoms with E-state index < -0.39 is 0 Å². The maximum Gasteiger partial charge on any atom is 0.322 e. The molecule has 4 nitrogen and oxygen atoms in total. The Kier molecular flexibility index (Phi) is 6.80. The molecule has 3 atom stereocenters. The first-order valence-electron chi connectivity index (χ1n) is 7.39. The van der Waals surface area contributed by atoms with E-state index in [-0.39, 0.29) is 12.0 Å². The average Bonchev–Trinajstić information content (AvgIpc) is 2.36. The van der Waals surface area contributed by atoms with Crippen LogP contribution in [0.5, 0.6) is 0 Å². The minimum Gasteiger partial charge on any atom is -0.468 e. The molecule has 1 aliphatic heterocycles. The quantitative estimate of drug-likeness (QED) is 0.753. The number of hydrogen-bond donors (Lipinski definition) is 1. The van der Waals surface area contributed by atoms with Crippen LogP contribution in [-0.2, 0) is 14.3 Å². The molecule has 0 aromatic rings. The molecule has 19 heavy (non-hydrogen) atoms. The van der Waals surface area contributed by atoms with Crippen LogP contribution in [0.25, 0.3) is 0 Å². The summed E-state index contributed by atoms with van der Waals surface area (Å²) in [6.45, 7) is 9.38. The van der Waals surface area contributed by atoms with E-state index in [2.05, 4.69) is 33.0 Å². The van der Waals surface area contributed by atoms with Crippen molar-refractivity contribution in [2.75, 3.05) is 13.7 Å². The number of nitrogens with one attached hydrogen (secondary N) is 1. The number of ether oxygens (including phenoxy) is 2. The molecule has 0 aromatic heterocycles. The summed E-state index contributed by atoms with van der Waals surface area (Å²) in [6.07, 6.45) is 3.05. The summed E-state index contributed by atoms with van der Waals surface area (Å²) in [4.78, 5) is 11.8. The second kappa shape index (κ2) is 7.85. The van der Waals surface area contributed by atoms with Gasteiger partial charge in [-0.05, 0) is 31.1 Å². The highest BCUT2D eigenvalue weighted by Gasteiger charge is 2.29. The normalized spacial score (nSPS) is 25.6. The Labute approximate surface area is 117 Å². The minimum atomic E-state index is -0.194. The molecule has 3 unspecified atom stereocenters. The van der Waals surface area contributed by atoms with Crippen LogP contribution in [0.15, 0.2) is 0 Å². The van der Waals surface area contributed by atoms with Gasteiger partial charge in [-0.3, -0.25) is 4.79 Å². The van der Waals surface area contributed by atoms with Crippen LogP contribution in [0.3, 0.4) is 0 Å². The summed E-state index contributed by atoms with van der Waals surface area (Å²) in [5, 5.41) is 3.47. The van der Waals surface area contributed by atoms with Crippen molar-refractivity contribution in [3.05, 3.63) is 0 Å². The summed E-state index contributed by atoms with van der Waals surface area (Å²) in [6, 6.07) is 0.157. The first kappa shape index (κ1) is 16.4. The zero-order chi connectivity index (χ0) is 14.4. The zero-order valence-electron chi connectivity index (χ0n) is 12.9. The topological polar surface area (TPSA) is 47.6 Å². The molecule has 0 saturated carbocycles. The SMILES string of the molecule is COC(=O)C(CC(C)C)NC1CCOC(C(C)C)C1. The van der Waals surface area contributed by atoms with Crippen molar-refractivity contribution < 1.29 is 14.3 Å². The molecule has 1 fully saturated rings. The Balaban J connectivity index is 2.55. The molecule has 1 saturated heterocycles. The third-order valence-electron chi connectivity index (χ3n) is 3.69. The molecule has 1 aliphatic rings. The maximum atomic E-state index is 11.8. The molecular formula is C15H29NO3. The Bertz CT molecular complexity index is 279. The number of carbonyl (C=O) groups excluding carboxylic acids is 1. The molecule has 1 heterocycles. The minimum absolute atomic E-state index is 0.152. The first-order chi connectivity index (χ1) is 8.93. The van der Waals surface area contributed by atoms with Gasteiger partial charge in [0, 0.05) is 12.6 Å². The number of rotatable bonds is 6. The second-order valence-corrected chi connectivity index (χ2v) is 6.25. The molecule has 4 heteroatoms. The molecule has 112 valence electrons. The molecule has 0 aromatic carbocycles. The van der Waals surface area contributed by atoms with Gasteiger partial charge in [0.15, 0.2) is 0 Å². The number of hydrogen-bond acceptors (Lipinski definition) is 4. The van der Waals surface area contributed by atoms with Gasteiger partial charge in [-0.15, -0.1) is 0 Å². The van der Waals surface area contributed by atoms with Crippen molar-refractivity contribution >= 4 is 5.97 Å². The smallest absolute Gasteiger partial charge is 0.322 e. The molecular weight excluding hydrogens is 242 g/mol. The van der Waals surface area contributed by atoms with Gasteiger partial charge in [-0.2, -0.15) is 0 Å². The van der Waals surface area contributed by atoms with Gasteiger partial charge in [-0.1, -0.05) is 27.7 Å². The molecule has 1 rings (SSSR count). The van der Waals surface area contributed by atoms with Gasteiger partial charge in [0.25, 0.3) is 0 Å². The van der Waals surface area contributed by atoms with Crippen LogP contribution in [0, 0.1) is 11.8 Å². The number of methoxy groups -OCH3 is 1. The highest BCUT2D eigenvalue weighted by atomic mass is 16.5. The van der Waals surface area contributed by atoms with E-state index in [0.717, 1.165) is 25.9 Å². The van der Waals surface area contributed by atoms with E-state index in [9.17, 15) is 4.79 Å². The zero-order valence-corrected chi connectivity index (χ0v) is 12.9. The van der Waals surface area contributed by atoms with Crippen LogP contribution in [-0.4, -0.2) is 37.9 Å². The molecule has 0 radical (unpaired) electrons. The van der Waals surface area contributed by atoms with Gasteiger partial charge >= 0.3 is 5.97 Å². The Hall–Kier alpha value is -0.610. The lowest BCUT2D eigenvalue weighted by atomic mass is 9.94. The van der Waals surface area contributed by atoms with Gasteiger partial charge in [0.05, 0.1) is 13.2 Å². The summed E-state index contributed by atoms with van der Waals surface area (Å²) in [5.74, 6) is 0.838. The third kappa shape index (κ3) is 5.49. The summed E-state index contributed by atoms with van der Waals surface area (Å²) < 4.78 is 10.7. The van der Waals surface area contributed by atoms with Crippen molar-refractivity contribution in [2.24, 2.45) is 11.8 Å². The molecule has 0 aliphatic carbocycles. The van der Waals surface area contributed by atoms with E-state index in [0.29, 0.717) is 24.0 Å². The Morgan fingerprint density at radius 2 is 2.05 bits per heavy atom. The van der Waals surface area contributed by atoms with Gasteiger partial charge in [-0.25, -0.2) is 0 Å². The monoisotopic (exact) mass is 271 g/mol. The van der Waals surface area contributed by atoms with E-state index in [1.807, 2.05) is 0 Å². The molecule has 1 N–H and O–H groups in total. The van der Waals surface area contributed by atoms with E-state index >= 15 is 0 Å². The predicted octanol–water partition coefficient (Wildman–Crippen LogP) is 2.37. The maximum absolute atomic E-state index is 11.8. The van der Waals surface area contributed by atoms with Gasteiger partial charge in [0.2, 0.25) is 0 Å². The predicted molar refractivity (Wildman–Crippen MR) is 76.0 cm³/mol. The Morgan fingerprint density at radius 1 is 1.37 bits per heavy atom. The second-order valence-electron chi connectivity index (χ2n) is 6.25. The lowest BCUT2D eigenvalue weighted by molar-refractivity contribution is -0.144. The van der Waals surface area contributed by atoms with Crippen LogP contribution in [0.2, 0.25) is 0 Å². The number of esters is 1. The highest BCUT2D eigenvalue weighted by Crippen LogP contribution is 2.21. The van der Waals surface area contributed by atoms with Crippen molar-refractivity contribution in [3.63, 3.8) is 0 Å². The number of carbonyl (C=O) groups is 1. The van der Waals surface area contributed by atoms with Crippen LogP contribution in [0.1, 0.15) is 47.0 Å². The van der Waals surface area contributed by atoms with Crippen LogP contribution in [0.4, 0.5) is 0 Å². The fraction of sp³-hybridized carbons (Fsp3) is 0.933. The fourth-order valence-corrected chi connectivity index (χ4v) is 2.57. The summed E-state index contributed by atoms with van der Waals surface area (Å²) in [7, 11) is 1.46. The third-order valence-corrected chi connectivity index (χ3v) is 3.69. The lowest BCUT2D eigenvalue weighted by Crippen LogP contribution is -2.49. The standard InChI is InChI=1S/C15H29NO3/c1-10(2)8-13(15(17)18-5)16-12-6-7-19-14(9-12)11(3)4/h10-14,16H,6-9H2,1-5H3. The fourth-order valence-electron chi connectivity index (χ4n) is 2.57. The summed E-state index contributed by atoms with van der Waals surface area (Å²) >= 11 is 0. The molecule has 0 amide bonds. The Morgan fingerprint density at radius 3 is 2.58 bits per heavy atom. The largest absolute Gasteiger partial charge is 0.468 e. The van der Waals surface area contributed by atoms with E-state index in [1.54, 1.807) is 0 Å². The van der Waals surface area contributed by atoms with Crippen molar-refractivity contribution in [1.82, 2.24) is 5.32 Å². The molecule has 0 spiro atoms.